The van der Waals surface area contributed by atoms with Gasteiger partial charge in [0.05, 0.1) is 23.3 Å². The Labute approximate surface area is 192 Å². The number of nitrogens with zero attached hydrogens (tertiary/aromatic N) is 2. The highest BCUT2D eigenvalue weighted by molar-refractivity contribution is 6.25. The van der Waals surface area contributed by atoms with E-state index < -0.39 is 23.8 Å². The van der Waals surface area contributed by atoms with Gasteiger partial charge in [-0.05, 0) is 50.8 Å². The zero-order valence-electron chi connectivity index (χ0n) is 18.8. The molecule has 0 aromatic heterocycles. The minimum absolute atomic E-state index is 0.107. The quantitative estimate of drug-likeness (QED) is 0.628. The van der Waals surface area contributed by atoms with E-state index in [0.717, 1.165) is 50.2 Å². The number of anilines is 1. The number of nitrogens with one attached hydrogen (secondary N) is 2. The highest BCUT2D eigenvalue weighted by atomic mass is 16.5. The SMILES string of the molecule is CCN1CCC(O[C@H]2C[C@H](Nc3cccc4c3C(=O)N(C3CCC(=O)NC3=O)C4=O)C2)CC1. The smallest absolute Gasteiger partial charge is 0.264 e. The van der Waals surface area contributed by atoms with Crippen LogP contribution in [-0.4, -0.2) is 77.4 Å². The number of piperidine rings is 2. The van der Waals surface area contributed by atoms with Gasteiger partial charge in [-0.1, -0.05) is 13.0 Å². The first kappa shape index (κ1) is 22.0. The zero-order chi connectivity index (χ0) is 23.1. The summed E-state index contributed by atoms with van der Waals surface area (Å²) < 4.78 is 6.27. The third-order valence-corrected chi connectivity index (χ3v) is 7.29. The Balaban J connectivity index is 1.21. The average molecular weight is 455 g/mol. The molecule has 9 heteroatoms. The van der Waals surface area contributed by atoms with Crippen molar-refractivity contribution in [3.63, 3.8) is 0 Å². The van der Waals surface area contributed by atoms with Gasteiger partial charge in [0.2, 0.25) is 11.8 Å². The molecule has 0 spiro atoms. The molecule has 33 heavy (non-hydrogen) atoms. The van der Waals surface area contributed by atoms with E-state index in [1.165, 1.54) is 0 Å². The molecule has 3 fully saturated rings. The number of fused-ring (bicyclic) bond motifs is 1. The molecule has 1 saturated carbocycles. The summed E-state index contributed by atoms with van der Waals surface area (Å²) in [7, 11) is 0. The van der Waals surface area contributed by atoms with Gasteiger partial charge in [-0.25, -0.2) is 0 Å². The van der Waals surface area contributed by atoms with Crippen LogP contribution in [0.15, 0.2) is 18.2 Å². The van der Waals surface area contributed by atoms with Crippen LogP contribution in [0.1, 0.15) is 66.2 Å². The molecule has 5 rings (SSSR count). The molecule has 3 heterocycles. The average Bonchev–Trinajstić information content (AvgIpc) is 3.04. The molecule has 2 saturated heterocycles. The maximum absolute atomic E-state index is 13.2. The van der Waals surface area contributed by atoms with Crippen LogP contribution >= 0.6 is 0 Å². The summed E-state index contributed by atoms with van der Waals surface area (Å²) >= 11 is 0. The van der Waals surface area contributed by atoms with Crippen molar-refractivity contribution >= 4 is 29.3 Å². The Morgan fingerprint density at radius 1 is 1.03 bits per heavy atom. The van der Waals surface area contributed by atoms with Crippen molar-refractivity contribution in [1.82, 2.24) is 15.1 Å². The predicted molar refractivity (Wildman–Crippen MR) is 120 cm³/mol. The lowest BCUT2D eigenvalue weighted by Gasteiger charge is -2.40. The lowest BCUT2D eigenvalue weighted by atomic mass is 9.88. The van der Waals surface area contributed by atoms with Gasteiger partial charge in [-0.3, -0.25) is 29.4 Å². The van der Waals surface area contributed by atoms with E-state index in [1.807, 2.05) is 0 Å². The van der Waals surface area contributed by atoms with Crippen LogP contribution in [0, 0.1) is 0 Å². The minimum atomic E-state index is -0.955. The summed E-state index contributed by atoms with van der Waals surface area (Å²) in [6.07, 6.45) is 4.65. The van der Waals surface area contributed by atoms with Crippen molar-refractivity contribution in [1.29, 1.82) is 0 Å². The number of carbonyl (C=O) groups excluding carboxylic acids is 4. The van der Waals surface area contributed by atoms with Gasteiger partial charge in [0, 0.05) is 31.2 Å². The number of ether oxygens (including phenoxy) is 1. The molecule has 176 valence electrons. The number of hydrogen-bond donors (Lipinski definition) is 2. The van der Waals surface area contributed by atoms with Crippen molar-refractivity contribution in [2.45, 2.75) is 69.7 Å². The Morgan fingerprint density at radius 3 is 2.48 bits per heavy atom. The summed E-state index contributed by atoms with van der Waals surface area (Å²) in [6, 6.07) is 4.37. The second kappa shape index (κ2) is 8.87. The highest BCUT2D eigenvalue weighted by Crippen LogP contribution is 2.35. The molecule has 1 aromatic rings. The minimum Gasteiger partial charge on any atom is -0.381 e. The number of rotatable bonds is 6. The molecule has 1 aromatic carbocycles. The van der Waals surface area contributed by atoms with Crippen LogP contribution < -0.4 is 10.6 Å². The van der Waals surface area contributed by atoms with Crippen LogP contribution in [0.3, 0.4) is 0 Å². The van der Waals surface area contributed by atoms with Gasteiger partial charge in [0.1, 0.15) is 6.04 Å². The molecule has 4 amide bonds. The summed E-state index contributed by atoms with van der Waals surface area (Å²) in [6.45, 7) is 5.45. The number of amides is 4. The first-order valence-electron chi connectivity index (χ1n) is 11.9. The molecule has 1 unspecified atom stereocenters. The first-order chi connectivity index (χ1) is 15.9. The Morgan fingerprint density at radius 2 is 1.79 bits per heavy atom. The largest absolute Gasteiger partial charge is 0.381 e. The van der Waals surface area contributed by atoms with E-state index >= 15 is 0 Å². The summed E-state index contributed by atoms with van der Waals surface area (Å²) in [5.41, 5.74) is 1.22. The van der Waals surface area contributed by atoms with Crippen molar-refractivity contribution < 1.29 is 23.9 Å². The van der Waals surface area contributed by atoms with E-state index in [0.29, 0.717) is 22.9 Å². The van der Waals surface area contributed by atoms with Gasteiger partial charge in [0.25, 0.3) is 11.8 Å². The van der Waals surface area contributed by atoms with Crippen molar-refractivity contribution in [2.75, 3.05) is 25.0 Å². The van der Waals surface area contributed by atoms with E-state index in [9.17, 15) is 19.2 Å². The van der Waals surface area contributed by atoms with E-state index in [-0.39, 0.29) is 30.9 Å². The fourth-order valence-corrected chi connectivity index (χ4v) is 5.28. The summed E-state index contributed by atoms with van der Waals surface area (Å²) in [4.78, 5) is 53.3. The van der Waals surface area contributed by atoms with Crippen molar-refractivity contribution in [3.05, 3.63) is 29.3 Å². The Bertz CT molecular complexity index is 981. The van der Waals surface area contributed by atoms with E-state index in [2.05, 4.69) is 22.5 Å². The molecule has 4 aliphatic rings. The molecule has 0 radical (unpaired) electrons. The molecule has 3 aliphatic heterocycles. The normalized spacial score (nSPS) is 28.5. The van der Waals surface area contributed by atoms with E-state index in [4.69, 9.17) is 4.74 Å². The first-order valence-corrected chi connectivity index (χ1v) is 11.9. The van der Waals surface area contributed by atoms with Crippen LogP contribution in [-0.2, 0) is 14.3 Å². The lowest BCUT2D eigenvalue weighted by molar-refractivity contribution is -0.136. The molecule has 1 atom stereocenters. The third-order valence-electron chi connectivity index (χ3n) is 7.29. The van der Waals surface area contributed by atoms with Gasteiger partial charge in [0.15, 0.2) is 0 Å². The van der Waals surface area contributed by atoms with Crippen LogP contribution in [0.5, 0.6) is 0 Å². The summed E-state index contributed by atoms with van der Waals surface area (Å²) in [5.74, 6) is -1.95. The second-order valence-electron chi connectivity index (χ2n) is 9.38. The van der Waals surface area contributed by atoms with Crippen molar-refractivity contribution in [3.8, 4) is 0 Å². The number of likely N-dealkylation sites (tertiary alicyclic amines) is 1. The van der Waals surface area contributed by atoms with Crippen LogP contribution in [0.4, 0.5) is 5.69 Å². The predicted octanol–water partition coefficient (Wildman–Crippen LogP) is 1.53. The zero-order valence-corrected chi connectivity index (χ0v) is 18.8. The monoisotopic (exact) mass is 454 g/mol. The fraction of sp³-hybridized carbons (Fsp3) is 0.583. The maximum Gasteiger partial charge on any atom is 0.264 e. The topological polar surface area (TPSA) is 108 Å². The molecular weight excluding hydrogens is 424 g/mol. The standard InChI is InChI=1S/C24H30N4O5/c1-2-27-10-8-15(9-11-27)33-16-12-14(13-16)25-18-5-3-4-17-21(18)24(32)28(23(17)31)19-6-7-20(29)26-22(19)30/h3-5,14-16,19,25H,2,6-13H2,1H3,(H,26,29,30)/t14-,16-,19?. The highest BCUT2D eigenvalue weighted by Gasteiger charge is 2.46. The number of hydrogen-bond acceptors (Lipinski definition) is 7. The Hall–Kier alpha value is -2.78. The molecular formula is C24H30N4O5. The van der Waals surface area contributed by atoms with E-state index in [1.54, 1.807) is 18.2 Å². The van der Waals surface area contributed by atoms with Gasteiger partial charge < -0.3 is 15.0 Å². The second-order valence-corrected chi connectivity index (χ2v) is 9.38. The fourth-order valence-electron chi connectivity index (χ4n) is 5.28. The van der Waals surface area contributed by atoms with Crippen LogP contribution in [0.25, 0.3) is 0 Å². The van der Waals surface area contributed by atoms with Crippen LogP contribution in [0.2, 0.25) is 0 Å². The van der Waals surface area contributed by atoms with Crippen molar-refractivity contribution in [2.24, 2.45) is 0 Å². The number of imide groups is 2. The molecule has 0 bridgehead atoms. The summed E-state index contributed by atoms with van der Waals surface area (Å²) in [5, 5.41) is 5.64. The third kappa shape index (κ3) is 4.15. The van der Waals surface area contributed by atoms with Gasteiger partial charge >= 0.3 is 0 Å². The number of carbonyl (C=O) groups is 4. The van der Waals surface area contributed by atoms with Gasteiger partial charge in [-0.2, -0.15) is 0 Å². The Kier molecular flexibility index (Phi) is 5.92. The number of benzene rings is 1. The molecule has 1 aliphatic carbocycles. The molecule has 2 N–H and O–H groups in total. The van der Waals surface area contributed by atoms with Gasteiger partial charge in [-0.15, -0.1) is 0 Å². The lowest BCUT2D eigenvalue weighted by Crippen LogP contribution is -2.54. The maximum atomic E-state index is 13.2. The molecule has 9 nitrogen and oxygen atoms in total.